The average molecular weight is 427 g/mol. The lowest BCUT2D eigenvalue weighted by atomic mass is 10.1. The van der Waals surface area contributed by atoms with Gasteiger partial charge in [-0.05, 0) is 37.6 Å². The number of rotatable bonds is 6. The Labute approximate surface area is 168 Å². The minimum absolute atomic E-state index is 0.112. The van der Waals surface area contributed by atoms with Crippen molar-refractivity contribution >= 4 is 38.2 Å². The Morgan fingerprint density at radius 2 is 1.79 bits per heavy atom. The fourth-order valence-electron chi connectivity index (χ4n) is 2.45. The number of nitrogens with one attached hydrogen (secondary N) is 1. The molecule has 0 radical (unpaired) electrons. The van der Waals surface area contributed by atoms with E-state index in [-0.39, 0.29) is 21.8 Å². The van der Waals surface area contributed by atoms with Crippen LogP contribution >= 0.6 is 11.3 Å². The highest BCUT2D eigenvalue weighted by atomic mass is 32.2. The number of sulfonamides is 1. The number of anilines is 1. The lowest BCUT2D eigenvalue weighted by Gasteiger charge is -2.15. The molecule has 0 atom stereocenters. The number of hydrogen-bond acceptors (Lipinski definition) is 7. The predicted octanol–water partition coefficient (Wildman–Crippen LogP) is 2.66. The number of ether oxygens (including phenoxy) is 2. The second-order valence-electron chi connectivity index (χ2n) is 6.09. The number of thiophene rings is 1. The topological polar surface area (TPSA) is 102 Å². The number of hydrogen-bond donors (Lipinski definition) is 1. The van der Waals surface area contributed by atoms with Gasteiger partial charge >= 0.3 is 5.97 Å². The van der Waals surface area contributed by atoms with Crippen LogP contribution < -0.4 is 10.1 Å². The maximum Gasteiger partial charge on any atom is 0.341 e. The summed E-state index contributed by atoms with van der Waals surface area (Å²) in [7, 11) is 1.58. The molecule has 0 fully saturated rings. The molecule has 10 heteroatoms. The van der Waals surface area contributed by atoms with Gasteiger partial charge in [-0.15, -0.1) is 11.3 Å². The van der Waals surface area contributed by atoms with Gasteiger partial charge in [-0.3, -0.25) is 4.79 Å². The first-order chi connectivity index (χ1) is 13.0. The SMILES string of the molecule is COC(=O)c1c(NC(=O)c2ccc(OC)c(S(=O)(=O)N(C)C)c2)sc(C)c1C. The molecule has 1 aromatic heterocycles. The third kappa shape index (κ3) is 4.03. The van der Waals surface area contributed by atoms with E-state index in [1.807, 2.05) is 6.92 Å². The maximum atomic E-state index is 12.7. The predicted molar refractivity (Wildman–Crippen MR) is 107 cm³/mol. The van der Waals surface area contributed by atoms with Crippen LogP contribution in [0.1, 0.15) is 31.2 Å². The summed E-state index contributed by atoms with van der Waals surface area (Å²) in [6.45, 7) is 3.60. The Hall–Kier alpha value is -2.43. The molecule has 0 spiro atoms. The van der Waals surface area contributed by atoms with E-state index < -0.39 is 21.9 Å². The first kappa shape index (κ1) is 21.9. The van der Waals surface area contributed by atoms with Crippen molar-refractivity contribution in [1.29, 1.82) is 0 Å². The minimum atomic E-state index is -3.82. The van der Waals surface area contributed by atoms with Crippen LogP contribution in [0, 0.1) is 13.8 Å². The Morgan fingerprint density at radius 1 is 1.14 bits per heavy atom. The number of amides is 1. The van der Waals surface area contributed by atoms with Crippen LogP contribution in [0.25, 0.3) is 0 Å². The molecule has 0 bridgehead atoms. The summed E-state index contributed by atoms with van der Waals surface area (Å²) in [5.41, 5.74) is 1.12. The van der Waals surface area contributed by atoms with Crippen molar-refractivity contribution in [3.05, 3.63) is 39.8 Å². The van der Waals surface area contributed by atoms with Gasteiger partial charge < -0.3 is 14.8 Å². The van der Waals surface area contributed by atoms with Crippen LogP contribution in [0.5, 0.6) is 5.75 Å². The summed E-state index contributed by atoms with van der Waals surface area (Å²) < 4.78 is 36.0. The van der Waals surface area contributed by atoms with E-state index in [1.165, 1.54) is 57.9 Å². The fourth-order valence-corrected chi connectivity index (χ4v) is 4.57. The third-order valence-corrected chi connectivity index (χ3v) is 7.15. The first-order valence-corrected chi connectivity index (χ1v) is 10.4. The number of benzene rings is 1. The highest BCUT2D eigenvalue weighted by Gasteiger charge is 2.25. The van der Waals surface area contributed by atoms with Gasteiger partial charge in [0.15, 0.2) is 0 Å². The van der Waals surface area contributed by atoms with Crippen LogP contribution in [0.3, 0.4) is 0 Å². The second-order valence-corrected chi connectivity index (χ2v) is 9.43. The van der Waals surface area contributed by atoms with Crippen LogP contribution in [0.2, 0.25) is 0 Å². The molecule has 8 nitrogen and oxygen atoms in total. The van der Waals surface area contributed by atoms with Crippen LogP contribution in [0.15, 0.2) is 23.1 Å². The summed E-state index contributed by atoms with van der Waals surface area (Å²) in [4.78, 5) is 25.5. The van der Waals surface area contributed by atoms with E-state index in [9.17, 15) is 18.0 Å². The molecule has 152 valence electrons. The van der Waals surface area contributed by atoms with E-state index in [0.717, 1.165) is 14.7 Å². The van der Waals surface area contributed by atoms with E-state index in [4.69, 9.17) is 9.47 Å². The van der Waals surface area contributed by atoms with Crippen molar-refractivity contribution < 1.29 is 27.5 Å². The lowest BCUT2D eigenvalue weighted by Crippen LogP contribution is -2.23. The smallest absolute Gasteiger partial charge is 0.341 e. The van der Waals surface area contributed by atoms with Crippen molar-refractivity contribution in [3.8, 4) is 5.75 Å². The van der Waals surface area contributed by atoms with Crippen molar-refractivity contribution in [1.82, 2.24) is 4.31 Å². The number of aryl methyl sites for hydroxylation is 1. The van der Waals surface area contributed by atoms with Gasteiger partial charge in [-0.25, -0.2) is 17.5 Å². The molecular weight excluding hydrogens is 404 g/mol. The molecule has 1 aromatic carbocycles. The molecule has 1 amide bonds. The van der Waals surface area contributed by atoms with Gasteiger partial charge in [0, 0.05) is 24.5 Å². The largest absolute Gasteiger partial charge is 0.495 e. The van der Waals surface area contributed by atoms with Gasteiger partial charge in [0.1, 0.15) is 15.6 Å². The highest BCUT2D eigenvalue weighted by molar-refractivity contribution is 7.89. The molecule has 0 aliphatic rings. The number of methoxy groups -OCH3 is 2. The monoisotopic (exact) mass is 426 g/mol. The summed E-state index contributed by atoms with van der Waals surface area (Å²) in [5, 5.41) is 3.03. The zero-order valence-corrected chi connectivity index (χ0v) is 18.1. The quantitative estimate of drug-likeness (QED) is 0.713. The average Bonchev–Trinajstić information content (AvgIpc) is 2.93. The zero-order valence-electron chi connectivity index (χ0n) is 16.4. The summed E-state index contributed by atoms with van der Waals surface area (Å²) >= 11 is 1.25. The summed E-state index contributed by atoms with van der Waals surface area (Å²) in [6, 6.07) is 4.11. The molecule has 0 aliphatic heterocycles. The maximum absolute atomic E-state index is 12.7. The van der Waals surface area contributed by atoms with E-state index in [0.29, 0.717) is 5.00 Å². The minimum Gasteiger partial charge on any atom is -0.495 e. The van der Waals surface area contributed by atoms with Crippen LogP contribution in [0.4, 0.5) is 5.00 Å². The number of esters is 1. The summed E-state index contributed by atoms with van der Waals surface area (Å²) in [6.07, 6.45) is 0. The van der Waals surface area contributed by atoms with Crippen LogP contribution in [-0.2, 0) is 14.8 Å². The molecule has 1 heterocycles. The van der Waals surface area contributed by atoms with Gasteiger partial charge in [0.05, 0.1) is 19.8 Å². The molecular formula is C18H22N2O6S2. The standard InChI is InChI=1S/C18H22N2O6S2/c1-10-11(2)27-17(15(10)18(22)26-6)19-16(21)12-7-8-13(25-5)14(9-12)28(23,24)20(3)4/h7-9H,1-6H3,(H,19,21). The Balaban J connectivity index is 2.47. The number of nitrogens with zero attached hydrogens (tertiary/aromatic N) is 1. The summed E-state index contributed by atoms with van der Waals surface area (Å²) in [5.74, 6) is -0.977. The van der Waals surface area contributed by atoms with Crippen molar-refractivity contribution in [3.63, 3.8) is 0 Å². The van der Waals surface area contributed by atoms with Crippen molar-refractivity contribution in [2.24, 2.45) is 0 Å². The van der Waals surface area contributed by atoms with Crippen LogP contribution in [-0.4, -0.2) is 52.9 Å². The second kappa shape index (κ2) is 8.29. The molecule has 0 aliphatic carbocycles. The number of carbonyl (C=O) groups is 2. The van der Waals surface area contributed by atoms with E-state index >= 15 is 0 Å². The first-order valence-electron chi connectivity index (χ1n) is 8.14. The highest BCUT2D eigenvalue weighted by Crippen LogP contribution is 2.34. The van der Waals surface area contributed by atoms with Crippen molar-refractivity contribution in [2.45, 2.75) is 18.7 Å². The fraction of sp³-hybridized carbons (Fsp3) is 0.333. The molecule has 0 saturated heterocycles. The zero-order chi connectivity index (χ0) is 21.2. The Bertz CT molecular complexity index is 1020. The normalized spacial score (nSPS) is 11.4. The van der Waals surface area contributed by atoms with Gasteiger partial charge in [0.2, 0.25) is 10.0 Å². The molecule has 1 N–H and O–H groups in total. The van der Waals surface area contributed by atoms with Crippen molar-refractivity contribution in [2.75, 3.05) is 33.6 Å². The molecule has 0 unspecified atom stereocenters. The van der Waals surface area contributed by atoms with Gasteiger partial charge in [-0.2, -0.15) is 0 Å². The van der Waals surface area contributed by atoms with E-state index in [1.54, 1.807) is 6.92 Å². The van der Waals surface area contributed by atoms with E-state index in [2.05, 4.69) is 5.32 Å². The molecule has 0 saturated carbocycles. The molecule has 2 aromatic rings. The van der Waals surface area contributed by atoms with Gasteiger partial charge in [0.25, 0.3) is 5.91 Å². The van der Waals surface area contributed by atoms with Gasteiger partial charge in [-0.1, -0.05) is 0 Å². The number of carbonyl (C=O) groups excluding carboxylic acids is 2. The molecule has 28 heavy (non-hydrogen) atoms. The Morgan fingerprint density at radius 3 is 2.32 bits per heavy atom. The Kier molecular flexibility index (Phi) is 6.48. The molecule has 2 rings (SSSR count). The lowest BCUT2D eigenvalue weighted by molar-refractivity contribution is 0.0601. The third-order valence-electron chi connectivity index (χ3n) is 4.19.